The fourth-order valence-electron chi connectivity index (χ4n) is 1.92. The lowest BCUT2D eigenvalue weighted by atomic mass is 10.3. The molecule has 128 valence electrons. The lowest BCUT2D eigenvalue weighted by molar-refractivity contribution is -0.121. The predicted octanol–water partition coefficient (Wildman–Crippen LogP) is 1.35. The van der Waals surface area contributed by atoms with Crippen LogP contribution in [0.25, 0.3) is 0 Å². The van der Waals surface area contributed by atoms with Gasteiger partial charge >= 0.3 is 0 Å². The van der Waals surface area contributed by atoms with E-state index in [1.54, 1.807) is 12.3 Å². The highest BCUT2D eigenvalue weighted by Gasteiger charge is 2.07. The maximum Gasteiger partial charge on any atom is 0.241 e. The Morgan fingerprint density at radius 1 is 1.17 bits per heavy atom. The SMILES string of the molecule is CNC(=O)Cn1ccc(NCCC(=O)Nc2cc(F)cc(F)c2)n1. The number of nitrogens with zero attached hydrogens (tertiary/aromatic N) is 2. The van der Waals surface area contributed by atoms with Crippen LogP contribution in [0.15, 0.2) is 30.5 Å². The number of likely N-dealkylation sites (N-methyl/N-ethyl adjacent to an activating group) is 1. The van der Waals surface area contributed by atoms with Gasteiger partial charge in [-0.15, -0.1) is 0 Å². The van der Waals surface area contributed by atoms with Crippen molar-refractivity contribution in [2.45, 2.75) is 13.0 Å². The van der Waals surface area contributed by atoms with Crippen molar-refractivity contribution in [2.75, 3.05) is 24.2 Å². The average Bonchev–Trinajstić information content (AvgIpc) is 2.93. The predicted molar refractivity (Wildman–Crippen MR) is 84.4 cm³/mol. The van der Waals surface area contributed by atoms with Gasteiger partial charge in [-0.1, -0.05) is 0 Å². The van der Waals surface area contributed by atoms with Gasteiger partial charge in [0.1, 0.15) is 24.0 Å². The molecule has 2 amide bonds. The highest BCUT2D eigenvalue weighted by Crippen LogP contribution is 2.13. The smallest absolute Gasteiger partial charge is 0.241 e. The van der Waals surface area contributed by atoms with Crippen LogP contribution in [0.4, 0.5) is 20.3 Å². The van der Waals surface area contributed by atoms with Gasteiger partial charge in [-0.05, 0) is 12.1 Å². The van der Waals surface area contributed by atoms with E-state index in [1.165, 1.54) is 11.7 Å². The van der Waals surface area contributed by atoms with E-state index in [0.717, 1.165) is 18.2 Å². The maximum absolute atomic E-state index is 13.0. The molecule has 9 heteroatoms. The summed E-state index contributed by atoms with van der Waals surface area (Å²) in [6.07, 6.45) is 1.72. The molecule has 7 nitrogen and oxygen atoms in total. The molecule has 0 atom stereocenters. The number of benzene rings is 1. The number of hydrogen-bond donors (Lipinski definition) is 3. The number of aromatic nitrogens is 2. The standard InChI is InChI=1S/C15H17F2N5O2/c1-18-15(24)9-22-5-3-13(21-22)19-4-2-14(23)20-12-7-10(16)6-11(17)8-12/h3,5-8H,2,4,9H2,1H3,(H,18,24)(H,19,21)(H,20,23). The number of rotatable bonds is 7. The van der Waals surface area contributed by atoms with E-state index in [1.807, 2.05) is 0 Å². The number of halogens is 2. The first-order valence-electron chi connectivity index (χ1n) is 7.20. The summed E-state index contributed by atoms with van der Waals surface area (Å²) in [5.41, 5.74) is 0.0624. The number of amides is 2. The molecular weight excluding hydrogens is 320 g/mol. The summed E-state index contributed by atoms with van der Waals surface area (Å²) < 4.78 is 27.5. The highest BCUT2D eigenvalue weighted by molar-refractivity contribution is 5.90. The van der Waals surface area contributed by atoms with Crippen LogP contribution in [0.2, 0.25) is 0 Å². The fourth-order valence-corrected chi connectivity index (χ4v) is 1.92. The molecule has 0 radical (unpaired) electrons. The van der Waals surface area contributed by atoms with Gasteiger partial charge < -0.3 is 16.0 Å². The normalized spacial score (nSPS) is 10.3. The molecule has 0 spiro atoms. The van der Waals surface area contributed by atoms with Crippen molar-refractivity contribution in [2.24, 2.45) is 0 Å². The Morgan fingerprint density at radius 3 is 2.54 bits per heavy atom. The second-order valence-corrected chi connectivity index (χ2v) is 4.95. The molecule has 0 bridgehead atoms. The minimum Gasteiger partial charge on any atom is -0.368 e. The summed E-state index contributed by atoms with van der Waals surface area (Å²) >= 11 is 0. The first-order valence-corrected chi connectivity index (χ1v) is 7.20. The zero-order chi connectivity index (χ0) is 17.5. The van der Waals surface area contributed by atoms with Crippen molar-refractivity contribution >= 4 is 23.3 Å². The molecule has 2 aromatic rings. The van der Waals surface area contributed by atoms with E-state index in [9.17, 15) is 18.4 Å². The molecule has 2 rings (SSSR count). The molecule has 0 aliphatic heterocycles. The molecule has 1 aromatic heterocycles. The molecule has 0 unspecified atom stereocenters. The lowest BCUT2D eigenvalue weighted by Crippen LogP contribution is -2.23. The maximum atomic E-state index is 13.0. The Labute approximate surface area is 137 Å². The van der Waals surface area contributed by atoms with Crippen molar-refractivity contribution < 1.29 is 18.4 Å². The number of hydrogen-bond acceptors (Lipinski definition) is 4. The molecule has 1 aromatic carbocycles. The van der Waals surface area contributed by atoms with Crippen molar-refractivity contribution in [3.63, 3.8) is 0 Å². The third kappa shape index (κ3) is 5.34. The summed E-state index contributed by atoms with van der Waals surface area (Å²) in [4.78, 5) is 23.0. The van der Waals surface area contributed by atoms with Crippen LogP contribution in [0, 0.1) is 11.6 Å². The van der Waals surface area contributed by atoms with Crippen LogP contribution < -0.4 is 16.0 Å². The zero-order valence-electron chi connectivity index (χ0n) is 13.0. The van der Waals surface area contributed by atoms with Gasteiger partial charge in [0, 0.05) is 44.0 Å². The molecule has 0 saturated carbocycles. The van der Waals surface area contributed by atoms with Gasteiger partial charge in [-0.3, -0.25) is 14.3 Å². The van der Waals surface area contributed by atoms with Crippen LogP contribution in [-0.4, -0.2) is 35.2 Å². The van der Waals surface area contributed by atoms with Gasteiger partial charge in [0.15, 0.2) is 0 Å². The molecule has 0 saturated heterocycles. The number of nitrogens with one attached hydrogen (secondary N) is 3. The fraction of sp³-hybridized carbons (Fsp3) is 0.267. The Bertz CT molecular complexity index is 712. The number of anilines is 2. The van der Waals surface area contributed by atoms with Crippen molar-refractivity contribution in [3.8, 4) is 0 Å². The second-order valence-electron chi connectivity index (χ2n) is 4.95. The average molecular weight is 337 g/mol. The summed E-state index contributed by atoms with van der Waals surface area (Å²) in [6.45, 7) is 0.379. The van der Waals surface area contributed by atoms with Crippen LogP contribution >= 0.6 is 0 Å². The van der Waals surface area contributed by atoms with Crippen LogP contribution in [-0.2, 0) is 16.1 Å². The third-order valence-electron chi connectivity index (χ3n) is 3.03. The van der Waals surface area contributed by atoms with Crippen molar-refractivity contribution in [1.82, 2.24) is 15.1 Å². The summed E-state index contributed by atoms with van der Waals surface area (Å²) in [7, 11) is 1.54. The van der Waals surface area contributed by atoms with E-state index >= 15 is 0 Å². The first-order chi connectivity index (χ1) is 11.5. The largest absolute Gasteiger partial charge is 0.368 e. The topological polar surface area (TPSA) is 88.0 Å². The quantitative estimate of drug-likeness (QED) is 0.712. The van der Waals surface area contributed by atoms with Crippen molar-refractivity contribution in [1.29, 1.82) is 0 Å². The summed E-state index contributed by atoms with van der Waals surface area (Å²) in [5, 5.41) is 11.9. The Kier molecular flexibility index (Phi) is 5.83. The van der Waals surface area contributed by atoms with Crippen LogP contribution in [0.3, 0.4) is 0 Å². The van der Waals surface area contributed by atoms with E-state index in [-0.39, 0.29) is 31.1 Å². The van der Waals surface area contributed by atoms with Gasteiger partial charge in [0.25, 0.3) is 0 Å². The second kappa shape index (κ2) is 8.04. The first kappa shape index (κ1) is 17.4. The molecule has 0 fully saturated rings. The van der Waals surface area contributed by atoms with Gasteiger partial charge in [0.05, 0.1) is 0 Å². The van der Waals surface area contributed by atoms with Crippen molar-refractivity contribution in [3.05, 3.63) is 42.1 Å². The Morgan fingerprint density at radius 2 is 1.88 bits per heavy atom. The molecule has 24 heavy (non-hydrogen) atoms. The van der Waals surface area contributed by atoms with Gasteiger partial charge in [-0.25, -0.2) is 8.78 Å². The highest BCUT2D eigenvalue weighted by atomic mass is 19.1. The van der Waals surface area contributed by atoms with E-state index in [2.05, 4.69) is 21.0 Å². The summed E-state index contributed by atoms with van der Waals surface area (Å²) in [6, 6.07) is 4.47. The Balaban J connectivity index is 1.77. The van der Waals surface area contributed by atoms with E-state index < -0.39 is 17.5 Å². The minimum absolute atomic E-state index is 0.0624. The van der Waals surface area contributed by atoms with Gasteiger partial charge in [-0.2, -0.15) is 5.10 Å². The van der Waals surface area contributed by atoms with E-state index in [4.69, 9.17) is 0 Å². The summed E-state index contributed by atoms with van der Waals surface area (Å²) in [5.74, 6) is -1.57. The molecule has 1 heterocycles. The number of carbonyl (C=O) groups excluding carboxylic acids is 2. The number of carbonyl (C=O) groups is 2. The molecule has 0 aliphatic rings. The third-order valence-corrected chi connectivity index (χ3v) is 3.03. The minimum atomic E-state index is -0.759. The molecular formula is C15H17F2N5O2. The van der Waals surface area contributed by atoms with Gasteiger partial charge in [0.2, 0.25) is 11.8 Å². The Hall–Kier alpha value is -2.97. The lowest BCUT2D eigenvalue weighted by Gasteiger charge is -2.06. The molecule has 0 aliphatic carbocycles. The van der Waals surface area contributed by atoms with Crippen LogP contribution in [0.5, 0.6) is 0 Å². The van der Waals surface area contributed by atoms with E-state index in [0.29, 0.717) is 5.82 Å². The molecule has 3 N–H and O–H groups in total. The zero-order valence-corrected chi connectivity index (χ0v) is 13.0. The van der Waals surface area contributed by atoms with Crippen LogP contribution in [0.1, 0.15) is 6.42 Å². The monoisotopic (exact) mass is 337 g/mol.